The Bertz CT molecular complexity index is 1910. The van der Waals surface area contributed by atoms with Gasteiger partial charge in [0.1, 0.15) is 73.2 Å². The number of rotatable bonds is 49. The van der Waals surface area contributed by atoms with Crippen molar-refractivity contribution in [1.82, 2.24) is 5.32 Å². The lowest BCUT2D eigenvalue weighted by atomic mass is 9.96. The molecule has 0 aromatic carbocycles. The van der Waals surface area contributed by atoms with Crippen LogP contribution in [0.2, 0.25) is 0 Å². The molecule has 0 aliphatic carbocycles. The Kier molecular flexibility index (Phi) is 44.6. The summed E-state index contributed by atoms with van der Waals surface area (Å²) < 4.78 is 34.0. The Morgan fingerprint density at radius 3 is 1.22 bits per heavy atom. The van der Waals surface area contributed by atoms with Gasteiger partial charge in [-0.1, -0.05) is 221 Å². The van der Waals surface area contributed by atoms with E-state index in [2.05, 4.69) is 85.2 Å². The fourth-order valence-electron chi connectivity index (χ4n) is 10.8. The normalized spacial score (nSPS) is 29.1. The molecule has 3 aliphatic rings. The van der Waals surface area contributed by atoms with E-state index in [0.29, 0.717) is 12.8 Å². The van der Waals surface area contributed by atoms with Gasteiger partial charge in [-0.05, 0) is 64.2 Å². The number of amides is 1. The van der Waals surface area contributed by atoms with Crippen LogP contribution in [-0.2, 0) is 33.2 Å². The smallest absolute Gasteiger partial charge is 0.220 e. The Balaban J connectivity index is 1.20. The van der Waals surface area contributed by atoms with Gasteiger partial charge in [-0.3, -0.25) is 4.79 Å². The molecule has 12 N–H and O–H groups in total. The molecule has 19 heteroatoms. The van der Waals surface area contributed by atoms with Gasteiger partial charge in [-0.15, -0.1) is 0 Å². The molecule has 0 aromatic rings. The van der Waals surface area contributed by atoms with E-state index in [9.17, 15) is 61.0 Å². The van der Waals surface area contributed by atoms with Crippen molar-refractivity contribution in [2.45, 2.75) is 311 Å². The number of hydrogen-bond donors (Lipinski definition) is 12. The fourth-order valence-corrected chi connectivity index (χ4v) is 10.8. The standard InChI is InChI=1S/C68H117NO18/c1-3-5-7-8-9-10-11-12-13-14-15-16-17-18-19-20-21-22-23-24-25-26-27-28-29-30-31-32-33-34-35-36-37-38-39-40-41-42-44-46-56(74)69-51(52(73)45-43-6-4-2)50-82-66-62(80)59(77)64(54(48-71)84-66)87-68-63(81)60(78)65(55(49-72)85-68)86-67-61(79)58(76)57(75)53(47-70)83-67/h5,7,9-10,12-13,15-16,18-19,21-22,43,45,51-55,57-68,70-73,75-81H,3-4,6,8,11,14,17,20,23-42,44,46-50H2,1-2H3,(H,69,74)/b7-5-,10-9-,13-12-,16-15-,19-18-,22-21-,45-43+. The van der Waals surface area contributed by atoms with Gasteiger partial charge in [-0.25, -0.2) is 0 Å². The van der Waals surface area contributed by atoms with Crippen molar-refractivity contribution in [3.63, 3.8) is 0 Å². The molecule has 0 bridgehead atoms. The first-order valence-corrected chi connectivity index (χ1v) is 33.3. The Morgan fingerprint density at radius 2 is 0.793 bits per heavy atom. The SMILES string of the molecule is CC/C=C\C/C=C\C/C=C\C/C=C\C/C=C\C/C=C\CCCCCCCCCCCCCCCCCCCCCCC(=O)NC(COC1OC(CO)C(OC2OC(CO)C(OC3OC(CO)C(O)C(O)C3O)C(O)C2O)C(O)C1O)C(O)/C=C/CCC. The molecule has 87 heavy (non-hydrogen) atoms. The summed E-state index contributed by atoms with van der Waals surface area (Å²) in [5, 5.41) is 119. The maximum absolute atomic E-state index is 13.2. The van der Waals surface area contributed by atoms with Crippen molar-refractivity contribution >= 4 is 5.91 Å². The number of carbonyl (C=O) groups excluding carboxylic acids is 1. The maximum Gasteiger partial charge on any atom is 0.220 e. The molecule has 3 saturated heterocycles. The molecular formula is C68H117NO18. The number of nitrogens with one attached hydrogen (secondary N) is 1. The zero-order valence-corrected chi connectivity index (χ0v) is 52.7. The van der Waals surface area contributed by atoms with Gasteiger partial charge in [0, 0.05) is 6.42 Å². The van der Waals surface area contributed by atoms with Gasteiger partial charge < -0.3 is 89.9 Å². The minimum Gasteiger partial charge on any atom is -0.394 e. The summed E-state index contributed by atoms with van der Waals surface area (Å²) in [5.74, 6) is -0.289. The maximum atomic E-state index is 13.2. The first-order chi connectivity index (χ1) is 42.3. The van der Waals surface area contributed by atoms with Crippen LogP contribution in [0.3, 0.4) is 0 Å². The minimum atomic E-state index is -1.98. The van der Waals surface area contributed by atoms with Crippen LogP contribution in [0.1, 0.15) is 206 Å². The summed E-state index contributed by atoms with van der Waals surface area (Å²) in [6, 6.07) is -0.970. The molecule has 3 aliphatic heterocycles. The number of hydrogen-bond acceptors (Lipinski definition) is 18. The van der Waals surface area contributed by atoms with E-state index >= 15 is 0 Å². The lowest BCUT2D eigenvalue weighted by molar-refractivity contribution is -0.379. The number of unbranched alkanes of at least 4 members (excludes halogenated alkanes) is 21. The van der Waals surface area contributed by atoms with Gasteiger partial charge in [-0.2, -0.15) is 0 Å². The molecule has 3 fully saturated rings. The highest BCUT2D eigenvalue weighted by atomic mass is 16.8. The average Bonchev–Trinajstić information content (AvgIpc) is 1.25. The van der Waals surface area contributed by atoms with Gasteiger partial charge in [0.15, 0.2) is 18.9 Å². The van der Waals surface area contributed by atoms with E-state index in [-0.39, 0.29) is 18.9 Å². The summed E-state index contributed by atoms with van der Waals surface area (Å²) >= 11 is 0. The molecule has 0 spiro atoms. The third-order valence-corrected chi connectivity index (χ3v) is 16.2. The van der Waals surface area contributed by atoms with Crippen molar-refractivity contribution < 1.29 is 89.4 Å². The molecular weight excluding hydrogens is 1120 g/mol. The summed E-state index contributed by atoms with van der Waals surface area (Å²) in [4.78, 5) is 13.2. The highest BCUT2D eigenvalue weighted by Crippen LogP contribution is 2.33. The monoisotopic (exact) mass is 1240 g/mol. The first kappa shape index (κ1) is 78.2. The summed E-state index contributed by atoms with van der Waals surface area (Å²) in [5.41, 5.74) is 0. The third kappa shape index (κ3) is 32.2. The number of aliphatic hydroxyl groups excluding tert-OH is 11. The van der Waals surface area contributed by atoms with Crippen LogP contribution in [0.4, 0.5) is 0 Å². The van der Waals surface area contributed by atoms with E-state index < -0.39 is 124 Å². The highest BCUT2D eigenvalue weighted by molar-refractivity contribution is 5.76. The predicted octanol–water partition coefficient (Wildman–Crippen LogP) is 7.93. The largest absolute Gasteiger partial charge is 0.394 e. The van der Waals surface area contributed by atoms with Crippen molar-refractivity contribution in [3.8, 4) is 0 Å². The Labute approximate surface area is 520 Å². The van der Waals surface area contributed by atoms with Crippen molar-refractivity contribution in [2.24, 2.45) is 0 Å². The molecule has 0 aromatic heterocycles. The summed E-state index contributed by atoms with van der Waals surface area (Å²) in [6.45, 7) is 1.36. The van der Waals surface area contributed by atoms with Gasteiger partial charge in [0.05, 0.1) is 38.6 Å². The number of aliphatic hydroxyl groups is 11. The molecule has 0 saturated carbocycles. The first-order valence-electron chi connectivity index (χ1n) is 33.3. The lowest BCUT2D eigenvalue weighted by Crippen LogP contribution is -2.66. The molecule has 502 valence electrons. The molecule has 1 amide bonds. The van der Waals surface area contributed by atoms with Crippen LogP contribution >= 0.6 is 0 Å². The van der Waals surface area contributed by atoms with Crippen molar-refractivity contribution in [1.29, 1.82) is 0 Å². The second-order valence-electron chi connectivity index (χ2n) is 23.6. The highest BCUT2D eigenvalue weighted by Gasteiger charge is 2.53. The minimum absolute atomic E-state index is 0.239. The van der Waals surface area contributed by atoms with E-state index in [1.807, 2.05) is 6.92 Å². The summed E-state index contributed by atoms with van der Waals surface area (Å²) in [6.07, 6.45) is 37.4. The van der Waals surface area contributed by atoms with Gasteiger partial charge in [0.2, 0.25) is 5.91 Å². The molecule has 17 unspecified atom stereocenters. The molecule has 0 radical (unpaired) electrons. The number of allylic oxidation sites excluding steroid dienone is 13. The van der Waals surface area contributed by atoms with Crippen LogP contribution in [0.5, 0.6) is 0 Å². The molecule has 17 atom stereocenters. The van der Waals surface area contributed by atoms with E-state index in [1.54, 1.807) is 12.2 Å². The van der Waals surface area contributed by atoms with Crippen LogP contribution in [-0.4, -0.2) is 193 Å². The fraction of sp³-hybridized carbons (Fsp3) is 0.779. The van der Waals surface area contributed by atoms with E-state index in [0.717, 1.165) is 64.2 Å². The number of carbonyl (C=O) groups is 1. The molecule has 3 rings (SSSR count). The zero-order chi connectivity index (χ0) is 63.3. The van der Waals surface area contributed by atoms with Crippen molar-refractivity contribution in [3.05, 3.63) is 85.1 Å². The second-order valence-corrected chi connectivity index (χ2v) is 23.6. The van der Waals surface area contributed by atoms with Crippen LogP contribution in [0.25, 0.3) is 0 Å². The van der Waals surface area contributed by atoms with Crippen LogP contribution < -0.4 is 5.32 Å². The summed E-state index contributed by atoms with van der Waals surface area (Å²) in [7, 11) is 0. The van der Waals surface area contributed by atoms with Gasteiger partial charge in [0.25, 0.3) is 0 Å². The van der Waals surface area contributed by atoms with Crippen LogP contribution in [0, 0.1) is 0 Å². The quantitative estimate of drug-likeness (QED) is 0.0203. The molecule has 19 nitrogen and oxygen atoms in total. The topological polar surface area (TPSA) is 307 Å². The zero-order valence-electron chi connectivity index (χ0n) is 52.7. The lowest BCUT2D eigenvalue weighted by Gasteiger charge is -2.48. The number of ether oxygens (including phenoxy) is 6. The average molecular weight is 1240 g/mol. The third-order valence-electron chi connectivity index (χ3n) is 16.2. The Morgan fingerprint density at radius 1 is 0.425 bits per heavy atom. The predicted molar refractivity (Wildman–Crippen MR) is 337 cm³/mol. The Hall–Kier alpha value is -3.03. The van der Waals surface area contributed by atoms with E-state index in [1.165, 1.54) is 109 Å². The second kappa shape index (κ2) is 49.6. The van der Waals surface area contributed by atoms with Gasteiger partial charge >= 0.3 is 0 Å². The molecule has 3 heterocycles. The van der Waals surface area contributed by atoms with Crippen LogP contribution in [0.15, 0.2) is 85.1 Å². The van der Waals surface area contributed by atoms with Crippen molar-refractivity contribution in [2.75, 3.05) is 26.4 Å². The van der Waals surface area contributed by atoms with E-state index in [4.69, 9.17) is 28.4 Å².